The zero-order valence-electron chi connectivity index (χ0n) is 17.5. The first-order chi connectivity index (χ1) is 14.8. The molecule has 3 aromatic carbocycles. The molecule has 0 bridgehead atoms. The van der Waals surface area contributed by atoms with Gasteiger partial charge in [-0.3, -0.25) is 4.98 Å². The SMILES string of the molecule is CCN(CC)CCNc1ccc(N=Nc2cnc3ccccc3c2)c2ccccc12. The molecule has 5 nitrogen and oxygen atoms in total. The second-order valence-corrected chi connectivity index (χ2v) is 7.22. The molecule has 4 aromatic rings. The van der Waals surface area contributed by atoms with Crippen molar-refractivity contribution in [3.05, 3.63) is 72.9 Å². The molecule has 0 saturated carbocycles. The summed E-state index contributed by atoms with van der Waals surface area (Å²) in [6.07, 6.45) is 1.76. The van der Waals surface area contributed by atoms with Crippen LogP contribution in [-0.2, 0) is 0 Å². The zero-order valence-corrected chi connectivity index (χ0v) is 17.5. The first-order valence-electron chi connectivity index (χ1n) is 10.5. The molecule has 4 rings (SSSR count). The van der Waals surface area contributed by atoms with Crippen LogP contribution in [0.5, 0.6) is 0 Å². The number of rotatable bonds is 8. The lowest BCUT2D eigenvalue weighted by Crippen LogP contribution is -2.28. The van der Waals surface area contributed by atoms with Gasteiger partial charge in [-0.2, -0.15) is 0 Å². The average Bonchev–Trinajstić information content (AvgIpc) is 2.81. The summed E-state index contributed by atoms with van der Waals surface area (Å²) in [5.41, 5.74) is 3.69. The van der Waals surface area contributed by atoms with Crippen LogP contribution >= 0.6 is 0 Å². The molecule has 0 aliphatic heterocycles. The van der Waals surface area contributed by atoms with Gasteiger partial charge in [-0.25, -0.2) is 0 Å². The first kappa shape index (κ1) is 20.0. The van der Waals surface area contributed by atoms with Crippen LogP contribution in [0.15, 0.2) is 83.2 Å². The van der Waals surface area contributed by atoms with Crippen molar-refractivity contribution in [2.75, 3.05) is 31.5 Å². The van der Waals surface area contributed by atoms with Crippen LogP contribution in [0.3, 0.4) is 0 Å². The maximum Gasteiger partial charge on any atom is 0.105 e. The third kappa shape index (κ3) is 4.47. The van der Waals surface area contributed by atoms with Crippen molar-refractivity contribution in [3.8, 4) is 0 Å². The largest absolute Gasteiger partial charge is 0.383 e. The third-order valence-electron chi connectivity index (χ3n) is 5.39. The number of azo groups is 1. The van der Waals surface area contributed by atoms with E-state index in [1.807, 2.05) is 42.5 Å². The van der Waals surface area contributed by atoms with Gasteiger partial charge in [-0.15, -0.1) is 10.2 Å². The third-order valence-corrected chi connectivity index (χ3v) is 5.39. The van der Waals surface area contributed by atoms with Gasteiger partial charge >= 0.3 is 0 Å². The molecule has 1 N–H and O–H groups in total. The minimum absolute atomic E-state index is 0.749. The van der Waals surface area contributed by atoms with Crippen LogP contribution in [0, 0.1) is 0 Å². The van der Waals surface area contributed by atoms with Crippen LogP contribution in [-0.4, -0.2) is 36.1 Å². The predicted molar refractivity (Wildman–Crippen MR) is 126 cm³/mol. The Bertz CT molecular complexity index is 1160. The molecular weight excluding hydrogens is 370 g/mol. The maximum atomic E-state index is 4.54. The molecule has 0 atom stereocenters. The first-order valence-corrected chi connectivity index (χ1v) is 10.5. The van der Waals surface area contributed by atoms with Gasteiger partial charge in [0.25, 0.3) is 0 Å². The number of nitrogens with zero attached hydrogens (tertiary/aromatic N) is 4. The number of likely N-dealkylation sites (N-methyl/N-ethyl adjacent to an activating group) is 1. The Kier molecular flexibility index (Phi) is 6.30. The van der Waals surface area contributed by atoms with E-state index in [0.29, 0.717) is 0 Å². The Morgan fingerprint density at radius 2 is 1.63 bits per heavy atom. The van der Waals surface area contributed by atoms with Crippen LogP contribution < -0.4 is 5.32 Å². The molecule has 0 aliphatic rings. The Labute approximate surface area is 177 Å². The smallest absolute Gasteiger partial charge is 0.105 e. The Balaban J connectivity index is 1.58. The van der Waals surface area contributed by atoms with Crippen LogP contribution in [0.4, 0.5) is 17.1 Å². The number of para-hydroxylation sites is 1. The quantitative estimate of drug-likeness (QED) is 0.343. The van der Waals surface area contributed by atoms with Gasteiger partial charge in [0.2, 0.25) is 0 Å². The molecule has 0 radical (unpaired) electrons. The van der Waals surface area contributed by atoms with E-state index < -0.39 is 0 Å². The summed E-state index contributed by atoms with van der Waals surface area (Å²) in [5, 5.41) is 15.9. The van der Waals surface area contributed by atoms with Gasteiger partial charge in [0.05, 0.1) is 17.4 Å². The summed E-state index contributed by atoms with van der Waals surface area (Å²) < 4.78 is 0. The summed E-state index contributed by atoms with van der Waals surface area (Å²) in [4.78, 5) is 6.88. The molecule has 0 saturated heterocycles. The van der Waals surface area contributed by atoms with Crippen LogP contribution in [0.2, 0.25) is 0 Å². The molecule has 0 unspecified atom stereocenters. The maximum absolute atomic E-state index is 4.54. The van der Waals surface area contributed by atoms with E-state index in [1.54, 1.807) is 6.20 Å². The lowest BCUT2D eigenvalue weighted by atomic mass is 10.1. The highest BCUT2D eigenvalue weighted by Gasteiger charge is 2.06. The van der Waals surface area contributed by atoms with E-state index in [1.165, 1.54) is 0 Å². The Hall–Kier alpha value is -3.31. The summed E-state index contributed by atoms with van der Waals surface area (Å²) in [5.74, 6) is 0. The molecule has 0 aliphatic carbocycles. The molecule has 1 aromatic heterocycles. The van der Waals surface area contributed by atoms with Crippen molar-refractivity contribution in [1.29, 1.82) is 0 Å². The minimum atomic E-state index is 0.749. The highest BCUT2D eigenvalue weighted by atomic mass is 15.1. The summed E-state index contributed by atoms with van der Waals surface area (Å²) in [6, 6.07) is 22.5. The van der Waals surface area contributed by atoms with E-state index in [9.17, 15) is 0 Å². The van der Waals surface area contributed by atoms with Gasteiger partial charge < -0.3 is 10.2 Å². The van der Waals surface area contributed by atoms with Crippen LogP contribution in [0.25, 0.3) is 21.7 Å². The number of fused-ring (bicyclic) bond motifs is 2. The van der Waals surface area contributed by atoms with E-state index in [0.717, 1.165) is 64.9 Å². The van der Waals surface area contributed by atoms with Crippen molar-refractivity contribution in [2.45, 2.75) is 13.8 Å². The van der Waals surface area contributed by atoms with E-state index in [2.05, 4.69) is 63.5 Å². The second kappa shape index (κ2) is 9.46. The normalized spacial score (nSPS) is 11.7. The molecular formula is C25H27N5. The number of pyridine rings is 1. The van der Waals surface area contributed by atoms with E-state index in [-0.39, 0.29) is 0 Å². The second-order valence-electron chi connectivity index (χ2n) is 7.22. The van der Waals surface area contributed by atoms with Gasteiger partial charge in [0.1, 0.15) is 5.69 Å². The molecule has 0 amide bonds. The summed E-state index contributed by atoms with van der Waals surface area (Å²) >= 11 is 0. The lowest BCUT2D eigenvalue weighted by molar-refractivity contribution is 0.316. The average molecular weight is 398 g/mol. The fourth-order valence-electron chi connectivity index (χ4n) is 3.64. The highest BCUT2D eigenvalue weighted by molar-refractivity contribution is 6.00. The van der Waals surface area contributed by atoms with Gasteiger partial charge in [0.15, 0.2) is 0 Å². The molecule has 0 fully saturated rings. The highest BCUT2D eigenvalue weighted by Crippen LogP contribution is 2.33. The minimum Gasteiger partial charge on any atom is -0.383 e. The number of aromatic nitrogens is 1. The molecule has 30 heavy (non-hydrogen) atoms. The van der Waals surface area contributed by atoms with Crippen molar-refractivity contribution in [3.63, 3.8) is 0 Å². The number of hydrogen-bond acceptors (Lipinski definition) is 5. The fourth-order valence-corrected chi connectivity index (χ4v) is 3.64. The topological polar surface area (TPSA) is 52.9 Å². The number of nitrogens with one attached hydrogen (secondary N) is 1. The number of anilines is 1. The molecule has 0 spiro atoms. The van der Waals surface area contributed by atoms with Crippen molar-refractivity contribution in [1.82, 2.24) is 9.88 Å². The Morgan fingerprint density at radius 1 is 0.867 bits per heavy atom. The Morgan fingerprint density at radius 3 is 2.47 bits per heavy atom. The van der Waals surface area contributed by atoms with Gasteiger partial charge in [0, 0.05) is 34.9 Å². The number of benzene rings is 3. The number of hydrogen-bond donors (Lipinski definition) is 1. The molecule has 5 heteroatoms. The summed E-state index contributed by atoms with van der Waals surface area (Å²) in [7, 11) is 0. The predicted octanol–water partition coefficient (Wildman–Crippen LogP) is 6.56. The van der Waals surface area contributed by atoms with Crippen LogP contribution in [0.1, 0.15) is 13.8 Å². The summed E-state index contributed by atoms with van der Waals surface area (Å²) in [6.45, 7) is 8.48. The van der Waals surface area contributed by atoms with Gasteiger partial charge in [-0.1, -0.05) is 56.3 Å². The van der Waals surface area contributed by atoms with Crippen molar-refractivity contribution < 1.29 is 0 Å². The standard InChI is InChI=1S/C25H27N5/c1-3-30(4-2)16-15-26-24-13-14-25(22-11-7-6-10-21(22)24)29-28-20-17-19-9-5-8-12-23(19)27-18-20/h5-14,17-18,26H,3-4,15-16H2,1-2H3. The van der Waals surface area contributed by atoms with Crippen molar-refractivity contribution >= 4 is 38.7 Å². The van der Waals surface area contributed by atoms with E-state index >= 15 is 0 Å². The van der Waals surface area contributed by atoms with Crippen molar-refractivity contribution in [2.24, 2.45) is 10.2 Å². The fraction of sp³-hybridized carbons (Fsp3) is 0.240. The monoisotopic (exact) mass is 397 g/mol. The molecule has 1 heterocycles. The van der Waals surface area contributed by atoms with Gasteiger partial charge in [-0.05, 0) is 37.4 Å². The lowest BCUT2D eigenvalue weighted by Gasteiger charge is -2.19. The van der Waals surface area contributed by atoms with E-state index in [4.69, 9.17) is 0 Å². The zero-order chi connectivity index (χ0) is 20.8. The molecule has 152 valence electrons.